The molecule has 1 amide bonds. The first-order chi connectivity index (χ1) is 10.7. The van der Waals surface area contributed by atoms with Crippen molar-refractivity contribution in [2.75, 3.05) is 11.1 Å². The van der Waals surface area contributed by atoms with Gasteiger partial charge in [0.05, 0.1) is 17.4 Å². The lowest BCUT2D eigenvalue weighted by Crippen LogP contribution is -2.29. The number of hydrogen-bond donors (Lipinski definition) is 2. The minimum absolute atomic E-state index is 0.0442. The molecule has 0 saturated carbocycles. The molecule has 3 heterocycles. The number of fused-ring (bicyclic) bond motifs is 2. The Morgan fingerprint density at radius 2 is 2.27 bits per heavy atom. The Bertz CT molecular complexity index is 946. The Hall–Kier alpha value is -2.61. The van der Waals surface area contributed by atoms with Crippen LogP contribution in [0.4, 0.5) is 5.69 Å². The van der Waals surface area contributed by atoms with Crippen LogP contribution in [-0.2, 0) is 6.54 Å². The molecular formula is C14H11N5O2S. The van der Waals surface area contributed by atoms with Crippen LogP contribution in [0.25, 0.3) is 10.9 Å². The van der Waals surface area contributed by atoms with Crippen molar-refractivity contribution in [1.82, 2.24) is 19.7 Å². The van der Waals surface area contributed by atoms with Gasteiger partial charge in [-0.25, -0.2) is 4.98 Å². The van der Waals surface area contributed by atoms with Crippen LogP contribution < -0.4 is 10.9 Å². The number of aromatic amines is 1. The molecule has 0 unspecified atom stereocenters. The molecule has 3 aromatic rings. The molecule has 0 saturated heterocycles. The fraction of sp³-hybridized carbons (Fsp3) is 0.143. The summed E-state index contributed by atoms with van der Waals surface area (Å²) in [5.41, 5.74) is 1.05. The molecule has 1 aromatic carbocycles. The van der Waals surface area contributed by atoms with Crippen LogP contribution in [-0.4, -0.2) is 31.4 Å². The van der Waals surface area contributed by atoms with Gasteiger partial charge in [0, 0.05) is 23.9 Å². The van der Waals surface area contributed by atoms with Gasteiger partial charge in [-0.05, 0) is 6.07 Å². The van der Waals surface area contributed by atoms with Crippen molar-refractivity contribution in [2.45, 2.75) is 11.7 Å². The lowest BCUT2D eigenvalue weighted by molar-refractivity contribution is 0.102. The quantitative estimate of drug-likeness (QED) is 0.699. The van der Waals surface area contributed by atoms with E-state index in [2.05, 4.69) is 20.5 Å². The predicted molar refractivity (Wildman–Crippen MR) is 83.3 cm³/mol. The van der Waals surface area contributed by atoms with Crippen LogP contribution in [0.5, 0.6) is 0 Å². The molecule has 4 rings (SSSR count). The monoisotopic (exact) mass is 313 g/mol. The van der Waals surface area contributed by atoms with Crippen LogP contribution in [0, 0.1) is 0 Å². The molecule has 0 atom stereocenters. The average Bonchev–Trinajstić information content (AvgIpc) is 3.16. The lowest BCUT2D eigenvalue weighted by atomic mass is 10.2. The Balaban J connectivity index is 1.71. The summed E-state index contributed by atoms with van der Waals surface area (Å²) in [5.74, 6) is 0.340. The van der Waals surface area contributed by atoms with Crippen molar-refractivity contribution in [1.29, 1.82) is 0 Å². The number of hydrogen-bond acceptors (Lipinski definition) is 5. The molecule has 2 N–H and O–H groups in total. The van der Waals surface area contributed by atoms with E-state index in [9.17, 15) is 9.59 Å². The summed E-state index contributed by atoms with van der Waals surface area (Å²) in [6.45, 7) is 0.586. The van der Waals surface area contributed by atoms with Gasteiger partial charge < -0.3 is 5.32 Å². The van der Waals surface area contributed by atoms with Crippen molar-refractivity contribution in [2.24, 2.45) is 0 Å². The molecule has 110 valence electrons. The van der Waals surface area contributed by atoms with Crippen LogP contribution >= 0.6 is 11.8 Å². The third-order valence-corrected chi connectivity index (χ3v) is 4.50. The van der Waals surface area contributed by atoms with Crippen molar-refractivity contribution in [3.05, 3.63) is 46.5 Å². The number of benzene rings is 1. The third kappa shape index (κ3) is 2.00. The summed E-state index contributed by atoms with van der Waals surface area (Å²) in [5, 5.41) is 11.1. The Kier molecular flexibility index (Phi) is 2.97. The van der Waals surface area contributed by atoms with Crippen molar-refractivity contribution in [3.8, 4) is 0 Å². The highest BCUT2D eigenvalue weighted by Gasteiger charge is 2.20. The molecule has 7 nitrogen and oxygen atoms in total. The standard InChI is InChI=1S/C14H11N5O2S/c20-12(9-7-15-14-19(13(9)21)4-5-22-14)17-10-3-1-2-8-6-16-18-11(8)10/h1-3,6-7H,4-5H2,(H,16,18)(H,17,20). The number of aromatic nitrogens is 4. The van der Waals surface area contributed by atoms with Gasteiger partial charge in [0.15, 0.2) is 5.16 Å². The van der Waals surface area contributed by atoms with Gasteiger partial charge in [0.25, 0.3) is 11.5 Å². The first-order valence-corrected chi connectivity index (χ1v) is 7.69. The Labute approximate surface area is 128 Å². The molecule has 22 heavy (non-hydrogen) atoms. The first-order valence-electron chi connectivity index (χ1n) is 6.70. The summed E-state index contributed by atoms with van der Waals surface area (Å²) < 4.78 is 1.54. The number of H-pyrrole nitrogens is 1. The van der Waals surface area contributed by atoms with E-state index < -0.39 is 5.91 Å². The molecule has 8 heteroatoms. The lowest BCUT2D eigenvalue weighted by Gasteiger charge is -2.07. The number of amides is 1. The number of anilines is 1. The molecule has 1 aliphatic heterocycles. The summed E-state index contributed by atoms with van der Waals surface area (Å²) in [4.78, 5) is 28.9. The largest absolute Gasteiger partial charge is 0.320 e. The summed E-state index contributed by atoms with van der Waals surface area (Å²) >= 11 is 1.52. The summed E-state index contributed by atoms with van der Waals surface area (Å²) in [7, 11) is 0. The van der Waals surface area contributed by atoms with E-state index >= 15 is 0 Å². The smallest absolute Gasteiger partial charge is 0.267 e. The van der Waals surface area contributed by atoms with Crippen LogP contribution in [0.15, 0.2) is 40.5 Å². The third-order valence-electron chi connectivity index (χ3n) is 3.53. The van der Waals surface area contributed by atoms with Gasteiger partial charge in [-0.3, -0.25) is 19.3 Å². The highest BCUT2D eigenvalue weighted by molar-refractivity contribution is 7.99. The van der Waals surface area contributed by atoms with E-state index in [0.29, 0.717) is 17.4 Å². The average molecular weight is 313 g/mol. The molecule has 0 radical (unpaired) electrons. The highest BCUT2D eigenvalue weighted by Crippen LogP contribution is 2.22. The zero-order valence-corrected chi connectivity index (χ0v) is 12.2. The van der Waals surface area contributed by atoms with E-state index in [4.69, 9.17) is 0 Å². The normalized spacial score (nSPS) is 13.3. The molecule has 1 aliphatic rings. The SMILES string of the molecule is O=C(Nc1cccc2cn[nH]c12)c1cnc2n(c1=O)CCS2. The zero-order valence-electron chi connectivity index (χ0n) is 11.4. The van der Waals surface area contributed by atoms with Crippen molar-refractivity contribution < 1.29 is 4.79 Å². The molecule has 0 bridgehead atoms. The second-order valence-corrected chi connectivity index (χ2v) is 5.92. The topological polar surface area (TPSA) is 92.7 Å². The number of para-hydroxylation sites is 1. The summed E-state index contributed by atoms with van der Waals surface area (Å²) in [6, 6.07) is 5.46. The maximum atomic E-state index is 12.4. The molecular weight excluding hydrogens is 302 g/mol. The Morgan fingerprint density at radius 3 is 3.18 bits per heavy atom. The zero-order chi connectivity index (χ0) is 15.1. The molecule has 0 aliphatic carbocycles. The summed E-state index contributed by atoms with van der Waals surface area (Å²) in [6.07, 6.45) is 3.02. The van der Waals surface area contributed by atoms with E-state index in [1.807, 2.05) is 12.1 Å². The van der Waals surface area contributed by atoms with Gasteiger partial charge >= 0.3 is 0 Å². The maximum Gasteiger partial charge on any atom is 0.267 e. The number of nitrogens with zero attached hydrogens (tertiary/aromatic N) is 3. The fourth-order valence-electron chi connectivity index (χ4n) is 2.44. The Morgan fingerprint density at radius 1 is 1.36 bits per heavy atom. The number of thioether (sulfide) groups is 1. The number of rotatable bonds is 2. The number of carbonyl (C=O) groups excluding carboxylic acids is 1. The van der Waals surface area contributed by atoms with E-state index in [0.717, 1.165) is 16.7 Å². The van der Waals surface area contributed by atoms with Crippen LogP contribution in [0.3, 0.4) is 0 Å². The molecule has 0 fully saturated rings. The minimum atomic E-state index is -0.466. The number of nitrogens with one attached hydrogen (secondary N) is 2. The molecule has 2 aromatic heterocycles. The van der Waals surface area contributed by atoms with Crippen LogP contribution in [0.1, 0.15) is 10.4 Å². The van der Waals surface area contributed by atoms with Gasteiger partial charge in [-0.1, -0.05) is 23.9 Å². The van der Waals surface area contributed by atoms with Gasteiger partial charge in [0.1, 0.15) is 5.56 Å². The highest BCUT2D eigenvalue weighted by atomic mass is 32.2. The first kappa shape index (κ1) is 13.1. The molecule has 0 spiro atoms. The van der Waals surface area contributed by atoms with E-state index in [1.54, 1.807) is 12.3 Å². The maximum absolute atomic E-state index is 12.4. The van der Waals surface area contributed by atoms with Crippen LogP contribution in [0.2, 0.25) is 0 Å². The van der Waals surface area contributed by atoms with Gasteiger partial charge in [-0.15, -0.1) is 0 Å². The predicted octanol–water partition coefficient (Wildman–Crippen LogP) is 1.48. The fourth-order valence-corrected chi connectivity index (χ4v) is 3.35. The van der Waals surface area contributed by atoms with Crippen molar-refractivity contribution >= 4 is 34.3 Å². The van der Waals surface area contributed by atoms with Crippen molar-refractivity contribution in [3.63, 3.8) is 0 Å². The van der Waals surface area contributed by atoms with E-state index in [-0.39, 0.29) is 11.1 Å². The van der Waals surface area contributed by atoms with Gasteiger partial charge in [0.2, 0.25) is 0 Å². The van der Waals surface area contributed by atoms with E-state index in [1.165, 1.54) is 22.5 Å². The second-order valence-electron chi connectivity index (χ2n) is 4.85. The minimum Gasteiger partial charge on any atom is -0.320 e. The second kappa shape index (κ2) is 4.99. The number of carbonyl (C=O) groups is 1. The van der Waals surface area contributed by atoms with Gasteiger partial charge in [-0.2, -0.15) is 5.10 Å².